The maximum Gasteiger partial charge on any atom is 0.127 e. The SMILES string of the molecule is CC1CCCC(NCCOc2cccc3ccccc23)C1. The number of hydrogen-bond donors (Lipinski definition) is 1. The molecule has 2 nitrogen and oxygen atoms in total. The lowest BCUT2D eigenvalue weighted by molar-refractivity contribution is 0.268. The third-order valence-electron chi connectivity index (χ3n) is 4.48. The van der Waals surface area contributed by atoms with Gasteiger partial charge in [0.05, 0.1) is 0 Å². The summed E-state index contributed by atoms with van der Waals surface area (Å²) in [7, 11) is 0. The minimum Gasteiger partial charge on any atom is -0.492 e. The van der Waals surface area contributed by atoms with Crippen LogP contribution >= 0.6 is 0 Å². The van der Waals surface area contributed by atoms with Gasteiger partial charge in [-0.25, -0.2) is 0 Å². The highest BCUT2D eigenvalue weighted by molar-refractivity contribution is 5.88. The first-order valence-electron chi connectivity index (χ1n) is 8.17. The number of rotatable bonds is 5. The van der Waals surface area contributed by atoms with E-state index in [2.05, 4.69) is 54.7 Å². The fourth-order valence-electron chi connectivity index (χ4n) is 3.37. The predicted molar refractivity (Wildman–Crippen MR) is 88.9 cm³/mol. The third kappa shape index (κ3) is 3.76. The molecule has 0 amide bonds. The van der Waals surface area contributed by atoms with Crippen molar-refractivity contribution in [3.63, 3.8) is 0 Å². The molecule has 0 aromatic heterocycles. The van der Waals surface area contributed by atoms with E-state index in [4.69, 9.17) is 4.74 Å². The van der Waals surface area contributed by atoms with Crippen LogP contribution in [0, 0.1) is 5.92 Å². The molecular weight excluding hydrogens is 258 g/mol. The first-order chi connectivity index (χ1) is 10.3. The summed E-state index contributed by atoms with van der Waals surface area (Å²) in [5.41, 5.74) is 0. The maximum absolute atomic E-state index is 5.97. The molecule has 112 valence electrons. The zero-order chi connectivity index (χ0) is 14.5. The molecule has 0 aliphatic heterocycles. The first-order valence-corrected chi connectivity index (χ1v) is 8.17. The monoisotopic (exact) mass is 283 g/mol. The number of nitrogens with one attached hydrogen (secondary N) is 1. The Bertz CT molecular complexity index is 575. The van der Waals surface area contributed by atoms with E-state index in [1.807, 2.05) is 0 Å². The average Bonchev–Trinajstić information content (AvgIpc) is 2.52. The van der Waals surface area contributed by atoms with Gasteiger partial charge in [0, 0.05) is 18.0 Å². The summed E-state index contributed by atoms with van der Waals surface area (Å²) in [4.78, 5) is 0. The van der Waals surface area contributed by atoms with Crippen molar-refractivity contribution >= 4 is 10.8 Å². The number of fused-ring (bicyclic) bond motifs is 1. The molecule has 0 radical (unpaired) electrons. The summed E-state index contributed by atoms with van der Waals surface area (Å²) in [6.45, 7) is 4.03. The van der Waals surface area contributed by atoms with Crippen molar-refractivity contribution in [2.75, 3.05) is 13.2 Å². The fraction of sp³-hybridized carbons (Fsp3) is 0.474. The lowest BCUT2D eigenvalue weighted by Crippen LogP contribution is -2.36. The van der Waals surface area contributed by atoms with Crippen LogP contribution in [0.1, 0.15) is 32.6 Å². The van der Waals surface area contributed by atoms with Crippen LogP contribution in [-0.2, 0) is 0 Å². The summed E-state index contributed by atoms with van der Waals surface area (Å²) >= 11 is 0. The first kappa shape index (κ1) is 14.4. The van der Waals surface area contributed by atoms with Gasteiger partial charge in [0.25, 0.3) is 0 Å². The van der Waals surface area contributed by atoms with E-state index in [1.165, 1.54) is 36.5 Å². The van der Waals surface area contributed by atoms with Gasteiger partial charge >= 0.3 is 0 Å². The van der Waals surface area contributed by atoms with Crippen molar-refractivity contribution in [3.05, 3.63) is 42.5 Å². The second-order valence-electron chi connectivity index (χ2n) is 6.25. The third-order valence-corrected chi connectivity index (χ3v) is 4.48. The van der Waals surface area contributed by atoms with Gasteiger partial charge in [-0.3, -0.25) is 0 Å². The molecule has 2 heteroatoms. The number of benzene rings is 2. The molecular formula is C19H25NO. The highest BCUT2D eigenvalue weighted by Crippen LogP contribution is 2.25. The van der Waals surface area contributed by atoms with Crippen LogP contribution in [0.4, 0.5) is 0 Å². The van der Waals surface area contributed by atoms with Gasteiger partial charge in [0.1, 0.15) is 12.4 Å². The minimum absolute atomic E-state index is 0.685. The normalized spacial score (nSPS) is 22.3. The van der Waals surface area contributed by atoms with E-state index in [9.17, 15) is 0 Å². The smallest absolute Gasteiger partial charge is 0.127 e. The molecule has 0 spiro atoms. The molecule has 2 atom stereocenters. The molecule has 1 aliphatic carbocycles. The largest absolute Gasteiger partial charge is 0.492 e. The van der Waals surface area contributed by atoms with Crippen LogP contribution in [0.2, 0.25) is 0 Å². The zero-order valence-electron chi connectivity index (χ0n) is 12.8. The molecule has 1 N–H and O–H groups in total. The summed E-state index contributed by atoms with van der Waals surface area (Å²) in [5.74, 6) is 1.86. The Balaban J connectivity index is 1.50. The van der Waals surface area contributed by atoms with Crippen molar-refractivity contribution in [3.8, 4) is 5.75 Å². The van der Waals surface area contributed by atoms with Crippen molar-refractivity contribution in [2.45, 2.75) is 38.6 Å². The topological polar surface area (TPSA) is 21.3 Å². The molecule has 2 aromatic rings. The van der Waals surface area contributed by atoms with Crippen LogP contribution in [0.15, 0.2) is 42.5 Å². The average molecular weight is 283 g/mol. The second-order valence-corrected chi connectivity index (χ2v) is 6.25. The van der Waals surface area contributed by atoms with E-state index in [0.29, 0.717) is 6.04 Å². The van der Waals surface area contributed by atoms with Crippen LogP contribution in [0.3, 0.4) is 0 Å². The number of ether oxygens (including phenoxy) is 1. The molecule has 0 saturated heterocycles. The fourth-order valence-corrected chi connectivity index (χ4v) is 3.37. The minimum atomic E-state index is 0.685. The molecule has 2 aromatic carbocycles. The zero-order valence-corrected chi connectivity index (χ0v) is 12.8. The molecule has 1 fully saturated rings. The molecule has 2 unspecified atom stereocenters. The van der Waals surface area contributed by atoms with Crippen molar-refractivity contribution in [2.24, 2.45) is 5.92 Å². The van der Waals surface area contributed by atoms with Gasteiger partial charge in [-0.05, 0) is 30.2 Å². The van der Waals surface area contributed by atoms with E-state index < -0.39 is 0 Å². The Labute approximate surface area is 127 Å². The summed E-state index contributed by atoms with van der Waals surface area (Å²) in [6, 6.07) is 15.3. The van der Waals surface area contributed by atoms with E-state index in [1.54, 1.807) is 0 Å². The Hall–Kier alpha value is -1.54. The van der Waals surface area contributed by atoms with Gasteiger partial charge in [-0.2, -0.15) is 0 Å². The molecule has 0 bridgehead atoms. The molecule has 0 heterocycles. The Morgan fingerprint density at radius 2 is 1.95 bits per heavy atom. The number of hydrogen-bond acceptors (Lipinski definition) is 2. The van der Waals surface area contributed by atoms with Gasteiger partial charge in [0.15, 0.2) is 0 Å². The summed E-state index contributed by atoms with van der Waals surface area (Å²) in [6.07, 6.45) is 5.39. The van der Waals surface area contributed by atoms with E-state index in [0.717, 1.165) is 24.8 Å². The van der Waals surface area contributed by atoms with Crippen LogP contribution in [-0.4, -0.2) is 19.2 Å². The highest BCUT2D eigenvalue weighted by Gasteiger charge is 2.17. The van der Waals surface area contributed by atoms with E-state index >= 15 is 0 Å². The van der Waals surface area contributed by atoms with Crippen LogP contribution in [0.5, 0.6) is 5.75 Å². The quantitative estimate of drug-likeness (QED) is 0.822. The Kier molecular flexibility index (Phi) is 4.76. The standard InChI is InChI=1S/C19H25NO/c1-15-6-4-9-17(14-15)20-12-13-21-19-11-5-8-16-7-2-3-10-18(16)19/h2-3,5,7-8,10-11,15,17,20H,4,6,9,12-14H2,1H3. The van der Waals surface area contributed by atoms with Gasteiger partial charge in [-0.1, -0.05) is 56.2 Å². The second kappa shape index (κ2) is 6.95. The van der Waals surface area contributed by atoms with Crippen molar-refractivity contribution < 1.29 is 4.74 Å². The van der Waals surface area contributed by atoms with E-state index in [-0.39, 0.29) is 0 Å². The molecule has 3 rings (SSSR count). The van der Waals surface area contributed by atoms with Gasteiger partial charge in [0.2, 0.25) is 0 Å². The summed E-state index contributed by atoms with van der Waals surface area (Å²) < 4.78 is 5.97. The molecule has 21 heavy (non-hydrogen) atoms. The van der Waals surface area contributed by atoms with Crippen LogP contribution in [0.25, 0.3) is 10.8 Å². The molecule has 1 saturated carbocycles. The lowest BCUT2D eigenvalue weighted by Gasteiger charge is -2.27. The molecule has 1 aliphatic rings. The maximum atomic E-state index is 5.97. The highest BCUT2D eigenvalue weighted by atomic mass is 16.5. The van der Waals surface area contributed by atoms with Gasteiger partial charge in [-0.15, -0.1) is 0 Å². The lowest BCUT2D eigenvalue weighted by atomic mass is 9.87. The summed E-state index contributed by atoms with van der Waals surface area (Å²) in [5, 5.41) is 6.09. The predicted octanol–water partition coefficient (Wildman–Crippen LogP) is 4.39. The van der Waals surface area contributed by atoms with Crippen molar-refractivity contribution in [1.29, 1.82) is 0 Å². The van der Waals surface area contributed by atoms with Gasteiger partial charge < -0.3 is 10.1 Å². The Morgan fingerprint density at radius 1 is 1.10 bits per heavy atom. The van der Waals surface area contributed by atoms with Crippen LogP contribution < -0.4 is 10.1 Å². The Morgan fingerprint density at radius 3 is 2.86 bits per heavy atom. The van der Waals surface area contributed by atoms with Crippen molar-refractivity contribution in [1.82, 2.24) is 5.32 Å².